The number of carbonyl (C=O) groups is 1. The van der Waals surface area contributed by atoms with Gasteiger partial charge in [-0.15, -0.1) is 0 Å². The number of methoxy groups -OCH3 is 1. The quantitative estimate of drug-likeness (QED) is 0.458. The number of carbonyl (C=O) groups excluding carboxylic acids is 1. The summed E-state index contributed by atoms with van der Waals surface area (Å²) in [4.78, 5) is 28.5. The van der Waals surface area contributed by atoms with Crippen LogP contribution < -0.4 is 15.1 Å². The summed E-state index contributed by atoms with van der Waals surface area (Å²) in [5.41, 5.74) is 1.55. The smallest absolute Gasteiger partial charge is 0.296 e. The molecule has 0 bridgehead atoms. The lowest BCUT2D eigenvalue weighted by molar-refractivity contribution is 0.0969. The first kappa shape index (κ1) is 19.4. The van der Waals surface area contributed by atoms with Gasteiger partial charge >= 0.3 is 0 Å². The van der Waals surface area contributed by atoms with Gasteiger partial charge in [0.05, 0.1) is 18.1 Å². The summed E-state index contributed by atoms with van der Waals surface area (Å²) < 4.78 is 16.7. The van der Waals surface area contributed by atoms with Gasteiger partial charge in [-0.3, -0.25) is 14.5 Å². The Hall–Kier alpha value is -3.58. The Bertz CT molecular complexity index is 1420. The zero-order chi connectivity index (χ0) is 21.9. The van der Waals surface area contributed by atoms with E-state index in [1.165, 1.54) is 12.0 Å². The Labute approximate surface area is 181 Å². The molecular weight excluding hydrogens is 420 g/mol. The first-order valence-electron chi connectivity index (χ1n) is 9.57. The molecule has 0 aliphatic carbocycles. The largest absolute Gasteiger partial charge is 0.496 e. The minimum Gasteiger partial charge on any atom is -0.496 e. The van der Waals surface area contributed by atoms with Crippen LogP contribution in [0.2, 0.25) is 5.02 Å². The Balaban J connectivity index is 1.86. The fourth-order valence-corrected chi connectivity index (χ4v) is 4.15. The van der Waals surface area contributed by atoms with Crippen LogP contribution >= 0.6 is 11.6 Å². The number of amides is 1. The Morgan fingerprint density at radius 1 is 1.13 bits per heavy atom. The van der Waals surface area contributed by atoms with Gasteiger partial charge in [0.25, 0.3) is 5.91 Å². The number of anilines is 1. The Morgan fingerprint density at radius 3 is 2.61 bits per heavy atom. The summed E-state index contributed by atoms with van der Waals surface area (Å²) in [7, 11) is 1.53. The average molecular weight is 437 g/mol. The van der Waals surface area contributed by atoms with Crippen molar-refractivity contribution in [2.45, 2.75) is 19.9 Å². The summed E-state index contributed by atoms with van der Waals surface area (Å²) in [6.45, 7) is 3.53. The fourth-order valence-electron chi connectivity index (χ4n) is 3.98. The van der Waals surface area contributed by atoms with Crippen molar-refractivity contribution in [3.8, 4) is 5.75 Å². The second kappa shape index (κ2) is 6.99. The highest BCUT2D eigenvalue weighted by Crippen LogP contribution is 2.43. The van der Waals surface area contributed by atoms with Crippen LogP contribution in [0.3, 0.4) is 0 Å². The molecule has 1 amide bonds. The number of ether oxygens (including phenoxy) is 1. The number of benzene rings is 2. The molecule has 8 heteroatoms. The zero-order valence-electron chi connectivity index (χ0n) is 16.9. The van der Waals surface area contributed by atoms with Gasteiger partial charge in [0, 0.05) is 16.7 Å². The molecule has 1 aliphatic rings. The number of aromatic nitrogens is 1. The topological polar surface area (TPSA) is 85.8 Å². The number of hydrogen-bond donors (Lipinski definition) is 0. The second-order valence-corrected chi connectivity index (χ2v) is 7.79. The zero-order valence-corrected chi connectivity index (χ0v) is 17.7. The summed E-state index contributed by atoms with van der Waals surface area (Å²) in [5, 5.41) is 4.77. The van der Waals surface area contributed by atoms with Crippen molar-refractivity contribution in [2.24, 2.45) is 0 Å². The van der Waals surface area contributed by atoms with E-state index in [1.807, 2.05) is 12.1 Å². The highest BCUT2D eigenvalue weighted by molar-refractivity contribution is 6.32. The summed E-state index contributed by atoms with van der Waals surface area (Å²) in [6.07, 6.45) is 0. The van der Waals surface area contributed by atoms with Crippen LogP contribution in [0, 0.1) is 13.8 Å². The SMILES string of the molecule is COc1ccccc1[C@H]1c2c(oc3cc(C)c(Cl)cc3c2=O)C(=O)N1c1cc(C)on1. The van der Waals surface area contributed by atoms with Crippen LogP contribution in [0.4, 0.5) is 5.82 Å². The van der Waals surface area contributed by atoms with Crippen molar-refractivity contribution in [3.63, 3.8) is 0 Å². The van der Waals surface area contributed by atoms with E-state index in [0.29, 0.717) is 33.1 Å². The number of rotatable bonds is 3. The van der Waals surface area contributed by atoms with E-state index in [4.69, 9.17) is 25.3 Å². The molecule has 0 spiro atoms. The average Bonchev–Trinajstić information content (AvgIpc) is 3.30. The van der Waals surface area contributed by atoms with Crippen LogP contribution in [-0.4, -0.2) is 18.2 Å². The maximum Gasteiger partial charge on any atom is 0.296 e. The van der Waals surface area contributed by atoms with E-state index in [1.54, 1.807) is 44.2 Å². The van der Waals surface area contributed by atoms with Gasteiger partial charge in [0.1, 0.15) is 23.1 Å². The standard InChI is InChI=1S/C23H17ClN2O5/c1-11-8-17-14(10-15(11)24)21(27)19-20(13-6-4-5-7-16(13)29-3)26(23(28)22(19)30-17)18-9-12(2)31-25-18/h4-10,20H,1-3H3/t20-/m0/s1. The second-order valence-electron chi connectivity index (χ2n) is 7.39. The number of fused-ring (bicyclic) bond motifs is 2. The van der Waals surface area contributed by atoms with Gasteiger partial charge in [0.2, 0.25) is 5.76 Å². The molecular formula is C23H17ClN2O5. The number of hydrogen-bond acceptors (Lipinski definition) is 6. The third-order valence-corrected chi connectivity index (χ3v) is 5.85. The van der Waals surface area contributed by atoms with Gasteiger partial charge in [-0.05, 0) is 37.6 Å². The van der Waals surface area contributed by atoms with Gasteiger partial charge in [-0.25, -0.2) is 0 Å². The normalized spacial score (nSPS) is 15.5. The lowest BCUT2D eigenvalue weighted by Crippen LogP contribution is -2.30. The van der Waals surface area contributed by atoms with E-state index in [2.05, 4.69) is 5.16 Å². The van der Waals surface area contributed by atoms with Gasteiger partial charge in [-0.2, -0.15) is 0 Å². The molecule has 2 aromatic heterocycles. The molecule has 0 fully saturated rings. The van der Waals surface area contributed by atoms with Gasteiger partial charge in [0.15, 0.2) is 11.2 Å². The monoisotopic (exact) mass is 436 g/mol. The van der Waals surface area contributed by atoms with E-state index in [-0.39, 0.29) is 22.6 Å². The van der Waals surface area contributed by atoms with Crippen molar-refractivity contribution >= 4 is 34.3 Å². The van der Waals surface area contributed by atoms with Crippen LogP contribution in [0.15, 0.2) is 56.2 Å². The Morgan fingerprint density at radius 2 is 1.90 bits per heavy atom. The predicted molar refractivity (Wildman–Crippen MR) is 115 cm³/mol. The van der Waals surface area contributed by atoms with E-state index < -0.39 is 11.9 Å². The fraction of sp³-hybridized carbons (Fsp3) is 0.174. The minimum atomic E-state index is -0.802. The molecule has 4 aromatic rings. The third-order valence-electron chi connectivity index (χ3n) is 5.45. The number of para-hydroxylation sites is 1. The van der Waals surface area contributed by atoms with Crippen molar-refractivity contribution in [1.29, 1.82) is 0 Å². The van der Waals surface area contributed by atoms with Gasteiger partial charge in [-0.1, -0.05) is 35.0 Å². The first-order valence-corrected chi connectivity index (χ1v) is 9.95. The Kier molecular flexibility index (Phi) is 4.37. The molecule has 2 aromatic carbocycles. The molecule has 0 radical (unpaired) electrons. The van der Waals surface area contributed by atoms with Crippen LogP contribution in [-0.2, 0) is 0 Å². The molecule has 7 nitrogen and oxygen atoms in total. The maximum atomic E-state index is 13.6. The summed E-state index contributed by atoms with van der Waals surface area (Å²) >= 11 is 6.27. The molecule has 31 heavy (non-hydrogen) atoms. The molecule has 1 aliphatic heterocycles. The molecule has 0 N–H and O–H groups in total. The minimum absolute atomic E-state index is 0.0317. The van der Waals surface area contributed by atoms with Crippen LogP contribution in [0.1, 0.15) is 39.0 Å². The van der Waals surface area contributed by atoms with Crippen molar-refractivity contribution < 1.29 is 18.5 Å². The first-order chi connectivity index (χ1) is 14.9. The van der Waals surface area contributed by atoms with Crippen molar-refractivity contribution in [3.05, 3.63) is 85.9 Å². The summed E-state index contributed by atoms with van der Waals surface area (Å²) in [5.74, 6) is 0.827. The van der Waals surface area contributed by atoms with Crippen LogP contribution in [0.5, 0.6) is 5.75 Å². The number of nitrogens with zero attached hydrogens (tertiary/aromatic N) is 2. The lowest BCUT2D eigenvalue weighted by Gasteiger charge is -2.23. The third kappa shape index (κ3) is 2.84. The molecule has 5 rings (SSSR count). The molecule has 1 atom stereocenters. The molecule has 0 unspecified atom stereocenters. The van der Waals surface area contributed by atoms with Crippen LogP contribution in [0.25, 0.3) is 11.0 Å². The maximum absolute atomic E-state index is 13.6. The molecule has 3 heterocycles. The highest BCUT2D eigenvalue weighted by Gasteiger charge is 2.45. The van der Waals surface area contributed by atoms with Gasteiger partial charge < -0.3 is 13.7 Å². The van der Waals surface area contributed by atoms with Crippen molar-refractivity contribution in [1.82, 2.24) is 5.16 Å². The molecule has 0 saturated carbocycles. The van der Waals surface area contributed by atoms with E-state index in [0.717, 1.165) is 5.56 Å². The lowest BCUT2D eigenvalue weighted by atomic mass is 9.97. The highest BCUT2D eigenvalue weighted by atomic mass is 35.5. The molecule has 0 saturated heterocycles. The summed E-state index contributed by atoms with van der Waals surface area (Å²) in [6, 6.07) is 11.3. The van der Waals surface area contributed by atoms with Crippen molar-refractivity contribution in [2.75, 3.05) is 12.0 Å². The number of aryl methyl sites for hydroxylation is 2. The van der Waals surface area contributed by atoms with E-state index in [9.17, 15) is 9.59 Å². The van der Waals surface area contributed by atoms with E-state index >= 15 is 0 Å². The molecule has 156 valence electrons. The number of halogens is 1. The predicted octanol–water partition coefficient (Wildman–Crippen LogP) is 4.81.